The van der Waals surface area contributed by atoms with E-state index in [9.17, 15) is 14.4 Å². The van der Waals surface area contributed by atoms with E-state index in [1.54, 1.807) is 13.0 Å². The van der Waals surface area contributed by atoms with Crippen molar-refractivity contribution in [2.24, 2.45) is 28.6 Å². The van der Waals surface area contributed by atoms with E-state index in [2.05, 4.69) is 26.0 Å². The van der Waals surface area contributed by atoms with Gasteiger partial charge in [0, 0.05) is 18.8 Å². The third-order valence-corrected chi connectivity index (χ3v) is 10.2. The second kappa shape index (κ2) is 6.32. The zero-order valence-electron chi connectivity index (χ0n) is 17.5. The first-order valence-electron chi connectivity index (χ1n) is 11.0. The Morgan fingerprint density at radius 1 is 1.14 bits per heavy atom. The number of carbonyl (C=O) groups is 3. The van der Waals surface area contributed by atoms with Crippen molar-refractivity contribution in [2.45, 2.75) is 76.6 Å². The number of hydrogen-bond acceptors (Lipinski definition) is 5. The molecule has 29 heavy (non-hydrogen) atoms. The topological polar surface area (TPSA) is 60.4 Å². The van der Waals surface area contributed by atoms with Gasteiger partial charge in [-0.1, -0.05) is 37.8 Å². The van der Waals surface area contributed by atoms with E-state index in [1.807, 2.05) is 0 Å². The van der Waals surface area contributed by atoms with Gasteiger partial charge in [-0.2, -0.15) is 0 Å². The van der Waals surface area contributed by atoms with Gasteiger partial charge in [-0.15, -0.1) is 0 Å². The highest BCUT2D eigenvalue weighted by atomic mass is 32.2. The molecule has 0 aromatic carbocycles. The molecule has 5 aliphatic rings. The van der Waals surface area contributed by atoms with Crippen LogP contribution < -0.4 is 0 Å². The molecule has 0 aromatic rings. The second-order valence-corrected chi connectivity index (χ2v) is 11.7. The Balaban J connectivity index is 1.49. The minimum Gasteiger partial charge on any atom is -0.458 e. The Hall–Kier alpha value is -1.36. The zero-order valence-corrected chi connectivity index (χ0v) is 18.3. The summed E-state index contributed by atoms with van der Waals surface area (Å²) in [4.78, 5) is 36.3. The summed E-state index contributed by atoms with van der Waals surface area (Å²) in [7, 11) is 0. The summed E-state index contributed by atoms with van der Waals surface area (Å²) in [5, 5.41) is -0.240. The average Bonchev–Trinajstić information content (AvgIpc) is 3.17. The number of ether oxygens (including phenoxy) is 1. The van der Waals surface area contributed by atoms with Crippen molar-refractivity contribution in [1.29, 1.82) is 0 Å². The normalized spacial score (nSPS) is 48.0. The van der Waals surface area contributed by atoms with Gasteiger partial charge in [0.2, 0.25) is 0 Å². The van der Waals surface area contributed by atoms with Crippen molar-refractivity contribution in [1.82, 2.24) is 0 Å². The molecule has 0 unspecified atom stereocenters. The summed E-state index contributed by atoms with van der Waals surface area (Å²) < 4.78 is 6.01. The minimum atomic E-state index is -0.264. The monoisotopic (exact) mass is 414 g/mol. The lowest BCUT2D eigenvalue weighted by Gasteiger charge is -2.57. The lowest BCUT2D eigenvalue weighted by molar-refractivity contribution is -0.165. The van der Waals surface area contributed by atoms with Crippen LogP contribution in [0.4, 0.5) is 0 Å². The highest BCUT2D eigenvalue weighted by Gasteiger charge is 2.66. The average molecular weight is 415 g/mol. The lowest BCUT2D eigenvalue weighted by atomic mass is 9.48. The molecular formula is C24H30O4S. The number of carbonyl (C=O) groups excluding carboxylic acids is 3. The minimum absolute atomic E-state index is 0.0173. The number of thioether (sulfide) groups is 1. The summed E-state index contributed by atoms with van der Waals surface area (Å²) in [5.74, 6) is 1.50. The predicted molar refractivity (Wildman–Crippen MR) is 112 cm³/mol. The van der Waals surface area contributed by atoms with Gasteiger partial charge in [0.25, 0.3) is 0 Å². The molecule has 0 radical (unpaired) electrons. The zero-order chi connectivity index (χ0) is 20.6. The van der Waals surface area contributed by atoms with Crippen LogP contribution in [-0.4, -0.2) is 27.7 Å². The van der Waals surface area contributed by atoms with Crippen LogP contribution in [0, 0.1) is 28.6 Å². The molecule has 5 rings (SSSR count). The Kier molecular flexibility index (Phi) is 4.27. The summed E-state index contributed by atoms with van der Waals surface area (Å²) >= 11 is 1.20. The van der Waals surface area contributed by atoms with Gasteiger partial charge < -0.3 is 4.74 Å². The fourth-order valence-electron chi connectivity index (χ4n) is 7.64. The number of fused-ring (bicyclic) bond motifs is 6. The molecule has 0 aromatic heterocycles. The molecule has 1 spiro atoms. The first-order valence-corrected chi connectivity index (χ1v) is 11.9. The van der Waals surface area contributed by atoms with E-state index in [-0.39, 0.29) is 38.5 Å². The van der Waals surface area contributed by atoms with E-state index in [1.165, 1.54) is 11.8 Å². The number of hydrogen-bond donors (Lipinski definition) is 0. The summed E-state index contributed by atoms with van der Waals surface area (Å²) in [6, 6.07) is 0. The van der Waals surface area contributed by atoms with Crippen molar-refractivity contribution in [3.8, 4) is 0 Å². The smallest absolute Gasteiger partial charge is 0.306 e. The Labute approximate surface area is 176 Å². The van der Waals surface area contributed by atoms with Crippen molar-refractivity contribution < 1.29 is 19.1 Å². The maximum absolute atomic E-state index is 12.6. The van der Waals surface area contributed by atoms with Crippen molar-refractivity contribution in [3.63, 3.8) is 0 Å². The third-order valence-electron chi connectivity index (χ3n) is 9.17. The van der Waals surface area contributed by atoms with Gasteiger partial charge in [-0.05, 0) is 73.3 Å². The molecule has 0 N–H and O–H groups in total. The number of ketones is 1. The molecular weight excluding hydrogens is 384 g/mol. The van der Waals surface area contributed by atoms with Crippen molar-refractivity contribution in [3.05, 3.63) is 23.8 Å². The molecule has 0 bridgehead atoms. The molecule has 3 fully saturated rings. The maximum atomic E-state index is 12.6. The van der Waals surface area contributed by atoms with Gasteiger partial charge in [0.15, 0.2) is 10.9 Å². The summed E-state index contributed by atoms with van der Waals surface area (Å²) in [6.45, 7) is 6.22. The van der Waals surface area contributed by atoms with E-state index < -0.39 is 0 Å². The van der Waals surface area contributed by atoms with Crippen LogP contribution in [0.1, 0.15) is 65.7 Å². The molecule has 2 saturated carbocycles. The van der Waals surface area contributed by atoms with Crippen LogP contribution in [0.5, 0.6) is 0 Å². The van der Waals surface area contributed by atoms with Crippen LogP contribution in [0.25, 0.3) is 0 Å². The van der Waals surface area contributed by atoms with Crippen LogP contribution in [0.3, 0.4) is 0 Å². The Bertz CT molecular complexity index is 859. The molecule has 1 aliphatic heterocycles. The lowest BCUT2D eigenvalue weighted by Crippen LogP contribution is -2.54. The summed E-state index contributed by atoms with van der Waals surface area (Å²) in [6.07, 6.45) is 12.8. The van der Waals surface area contributed by atoms with E-state index in [0.717, 1.165) is 44.1 Å². The predicted octanol–water partition coefficient (Wildman–Crippen LogP) is 4.63. The van der Waals surface area contributed by atoms with E-state index in [0.29, 0.717) is 24.2 Å². The molecule has 0 amide bonds. The molecule has 4 nitrogen and oxygen atoms in total. The molecule has 5 heteroatoms. The number of esters is 1. The van der Waals surface area contributed by atoms with Crippen LogP contribution >= 0.6 is 11.8 Å². The quantitative estimate of drug-likeness (QED) is 0.586. The Morgan fingerprint density at radius 2 is 1.90 bits per heavy atom. The fraction of sp³-hybridized carbons (Fsp3) is 0.708. The van der Waals surface area contributed by atoms with Gasteiger partial charge in [0.05, 0.1) is 5.25 Å². The molecule has 1 heterocycles. The van der Waals surface area contributed by atoms with Gasteiger partial charge in [0.1, 0.15) is 5.60 Å². The van der Waals surface area contributed by atoms with E-state index >= 15 is 0 Å². The number of allylic oxidation sites excluding steroid dienone is 4. The van der Waals surface area contributed by atoms with Crippen LogP contribution in [0.2, 0.25) is 0 Å². The van der Waals surface area contributed by atoms with Crippen LogP contribution in [-0.2, 0) is 19.1 Å². The number of rotatable bonds is 1. The molecule has 7 atom stereocenters. The SMILES string of the molecule is CC(=O)S[C@@H]1C[C@@]2(C)C(=CC1=O)C=C[C@@H]1[C@@H]2CC[C@@]2(C)[C@H]1CC[C@@]21CCC(=O)O1. The highest BCUT2D eigenvalue weighted by molar-refractivity contribution is 8.14. The Morgan fingerprint density at radius 3 is 2.59 bits per heavy atom. The second-order valence-electron chi connectivity index (χ2n) is 10.3. The van der Waals surface area contributed by atoms with Crippen molar-refractivity contribution >= 4 is 28.6 Å². The molecule has 156 valence electrons. The fourth-order valence-corrected chi connectivity index (χ4v) is 8.65. The first kappa shape index (κ1) is 19.6. The first-order chi connectivity index (χ1) is 13.7. The van der Waals surface area contributed by atoms with Gasteiger partial charge in [-0.3, -0.25) is 14.4 Å². The summed E-state index contributed by atoms with van der Waals surface area (Å²) in [5.41, 5.74) is 0.859. The van der Waals surface area contributed by atoms with Gasteiger partial charge in [-0.25, -0.2) is 0 Å². The standard InChI is InChI=1S/C24H30O4S/c1-14(25)29-20-13-22(2)15(12-19(20)26)4-5-16-17(22)6-9-23(3)18(16)7-10-24(23)11-8-21(27)28-24/h4-5,12,16-18,20H,6-11,13H2,1-3H3/t16-,17+,18+,20-,22+,23+,24-/m1/s1. The largest absolute Gasteiger partial charge is 0.458 e. The third kappa shape index (κ3) is 2.62. The maximum Gasteiger partial charge on any atom is 0.306 e. The highest BCUT2D eigenvalue weighted by Crippen LogP contribution is 2.68. The van der Waals surface area contributed by atoms with E-state index in [4.69, 9.17) is 4.74 Å². The van der Waals surface area contributed by atoms with Gasteiger partial charge >= 0.3 is 5.97 Å². The molecule has 4 aliphatic carbocycles. The molecule has 1 saturated heterocycles. The van der Waals surface area contributed by atoms with Crippen molar-refractivity contribution in [2.75, 3.05) is 0 Å². The van der Waals surface area contributed by atoms with Crippen LogP contribution in [0.15, 0.2) is 23.8 Å².